The number of nitrogens with one attached hydrogen (secondary N) is 3. The Kier molecular flexibility index (Phi) is 9.16. The van der Waals surface area contributed by atoms with Crippen LogP contribution in [0.3, 0.4) is 0 Å². The molecule has 0 aliphatic heterocycles. The summed E-state index contributed by atoms with van der Waals surface area (Å²) in [6.45, 7) is 13.2. The number of amides is 3. The molecular formula is C13H28N4O2. The van der Waals surface area contributed by atoms with Gasteiger partial charge in [-0.1, -0.05) is 13.8 Å². The smallest absolute Gasteiger partial charge is 0.321 e. The first kappa shape index (κ1) is 17.9. The third-order valence-electron chi connectivity index (χ3n) is 2.93. The number of carbonyl (C=O) groups is 2. The van der Waals surface area contributed by atoms with Gasteiger partial charge >= 0.3 is 6.03 Å². The molecule has 6 heteroatoms. The van der Waals surface area contributed by atoms with E-state index in [-0.39, 0.29) is 11.9 Å². The van der Waals surface area contributed by atoms with Crippen LogP contribution in [-0.2, 0) is 4.79 Å². The molecule has 19 heavy (non-hydrogen) atoms. The largest absolute Gasteiger partial charge is 0.338 e. The Balaban J connectivity index is 4.10. The lowest BCUT2D eigenvalue weighted by Crippen LogP contribution is -2.52. The highest BCUT2D eigenvalue weighted by Crippen LogP contribution is 1.94. The van der Waals surface area contributed by atoms with E-state index < -0.39 is 12.1 Å². The van der Waals surface area contributed by atoms with Crippen molar-refractivity contribution in [1.29, 1.82) is 0 Å². The molecule has 0 aromatic rings. The first-order valence-electron chi connectivity index (χ1n) is 7.01. The number of rotatable bonds is 8. The summed E-state index contributed by atoms with van der Waals surface area (Å²) in [6, 6.07) is -0.652. The van der Waals surface area contributed by atoms with E-state index in [0.29, 0.717) is 6.54 Å². The van der Waals surface area contributed by atoms with Crippen molar-refractivity contribution in [3.05, 3.63) is 0 Å². The van der Waals surface area contributed by atoms with E-state index in [9.17, 15) is 9.59 Å². The molecule has 0 aliphatic carbocycles. The number of urea groups is 1. The molecule has 0 radical (unpaired) electrons. The van der Waals surface area contributed by atoms with Crippen LogP contribution in [0.4, 0.5) is 4.79 Å². The van der Waals surface area contributed by atoms with E-state index in [1.54, 1.807) is 13.8 Å². The molecular weight excluding hydrogens is 244 g/mol. The highest BCUT2D eigenvalue weighted by Gasteiger charge is 2.18. The molecule has 6 nitrogen and oxygen atoms in total. The van der Waals surface area contributed by atoms with Gasteiger partial charge in [0.2, 0.25) is 5.91 Å². The van der Waals surface area contributed by atoms with Crippen molar-refractivity contribution in [2.45, 2.75) is 46.7 Å². The molecule has 0 spiro atoms. The van der Waals surface area contributed by atoms with Crippen LogP contribution in [0.5, 0.6) is 0 Å². The third kappa shape index (κ3) is 7.79. The average Bonchev–Trinajstić information content (AvgIpc) is 2.35. The maximum atomic E-state index is 11.7. The zero-order chi connectivity index (χ0) is 14.8. The van der Waals surface area contributed by atoms with Crippen LogP contribution in [0.15, 0.2) is 0 Å². The average molecular weight is 272 g/mol. The number of nitrogens with zero attached hydrogens (tertiary/aromatic N) is 1. The van der Waals surface area contributed by atoms with Gasteiger partial charge in [-0.3, -0.25) is 10.1 Å². The molecule has 0 aliphatic rings. The molecule has 2 atom stereocenters. The minimum Gasteiger partial charge on any atom is -0.338 e. The predicted molar refractivity (Wildman–Crippen MR) is 77.1 cm³/mol. The summed E-state index contributed by atoms with van der Waals surface area (Å²) in [7, 11) is 0. The van der Waals surface area contributed by atoms with Gasteiger partial charge in [-0.05, 0) is 33.9 Å². The van der Waals surface area contributed by atoms with Crippen LogP contribution < -0.4 is 16.0 Å². The Hall–Kier alpha value is -1.14. The van der Waals surface area contributed by atoms with E-state index in [1.165, 1.54) is 0 Å². The number of likely N-dealkylation sites (N-methyl/N-ethyl adjacent to an activating group) is 1. The van der Waals surface area contributed by atoms with Crippen molar-refractivity contribution in [3.8, 4) is 0 Å². The second-order valence-electron chi connectivity index (χ2n) is 4.62. The maximum Gasteiger partial charge on any atom is 0.321 e. The number of carbonyl (C=O) groups excluding carboxylic acids is 2. The molecule has 0 saturated carbocycles. The summed E-state index contributed by atoms with van der Waals surface area (Å²) in [5, 5.41) is 8.02. The van der Waals surface area contributed by atoms with Gasteiger partial charge in [-0.25, -0.2) is 4.79 Å². The Morgan fingerprint density at radius 2 is 1.68 bits per heavy atom. The zero-order valence-electron chi connectivity index (χ0n) is 12.7. The topological polar surface area (TPSA) is 73.5 Å². The fourth-order valence-electron chi connectivity index (χ4n) is 1.85. The van der Waals surface area contributed by atoms with E-state index in [4.69, 9.17) is 0 Å². The van der Waals surface area contributed by atoms with Crippen LogP contribution in [0, 0.1) is 0 Å². The second kappa shape index (κ2) is 9.75. The molecule has 0 bridgehead atoms. The van der Waals surface area contributed by atoms with Gasteiger partial charge in [-0.2, -0.15) is 0 Å². The third-order valence-corrected chi connectivity index (χ3v) is 2.93. The Labute approximate surface area is 116 Å². The van der Waals surface area contributed by atoms with Crippen LogP contribution in [0.25, 0.3) is 0 Å². The van der Waals surface area contributed by atoms with E-state index in [2.05, 4.69) is 34.7 Å². The van der Waals surface area contributed by atoms with Crippen molar-refractivity contribution in [3.63, 3.8) is 0 Å². The first-order valence-corrected chi connectivity index (χ1v) is 7.01. The standard InChI is InChI=1S/C13H28N4O2/c1-6-14-13(19)16-12(18)11(5)15-10(4)9-17(7-2)8-3/h10-11,15H,6-9H2,1-5H3,(H2,14,16,18,19). The van der Waals surface area contributed by atoms with E-state index >= 15 is 0 Å². The fraction of sp³-hybridized carbons (Fsp3) is 0.846. The van der Waals surface area contributed by atoms with Gasteiger partial charge in [0, 0.05) is 19.1 Å². The molecule has 0 fully saturated rings. The van der Waals surface area contributed by atoms with E-state index in [0.717, 1.165) is 19.6 Å². The summed E-state index contributed by atoms with van der Waals surface area (Å²) in [5.41, 5.74) is 0. The molecule has 3 amide bonds. The summed E-state index contributed by atoms with van der Waals surface area (Å²) >= 11 is 0. The van der Waals surface area contributed by atoms with Crippen molar-refractivity contribution in [2.75, 3.05) is 26.2 Å². The van der Waals surface area contributed by atoms with Gasteiger partial charge < -0.3 is 15.5 Å². The van der Waals surface area contributed by atoms with Crippen LogP contribution in [-0.4, -0.2) is 55.1 Å². The van der Waals surface area contributed by atoms with Gasteiger partial charge in [0.05, 0.1) is 6.04 Å². The predicted octanol–water partition coefficient (Wildman–Crippen LogP) is 0.541. The first-order chi connectivity index (χ1) is 8.94. The van der Waals surface area contributed by atoms with Crippen LogP contribution >= 0.6 is 0 Å². The Morgan fingerprint density at radius 3 is 2.16 bits per heavy atom. The highest BCUT2D eigenvalue weighted by atomic mass is 16.2. The Bertz CT molecular complexity index is 280. The maximum absolute atomic E-state index is 11.7. The number of hydrogen-bond donors (Lipinski definition) is 3. The van der Waals surface area contributed by atoms with Crippen LogP contribution in [0.2, 0.25) is 0 Å². The molecule has 0 aromatic carbocycles. The van der Waals surface area contributed by atoms with Crippen molar-refractivity contribution < 1.29 is 9.59 Å². The van der Waals surface area contributed by atoms with Crippen LogP contribution in [0.1, 0.15) is 34.6 Å². The van der Waals surface area contributed by atoms with Gasteiger partial charge in [0.1, 0.15) is 0 Å². The second-order valence-corrected chi connectivity index (χ2v) is 4.62. The molecule has 2 unspecified atom stereocenters. The lowest BCUT2D eigenvalue weighted by Gasteiger charge is -2.25. The molecule has 0 saturated heterocycles. The molecule has 112 valence electrons. The summed E-state index contributed by atoms with van der Waals surface area (Å²) in [5.74, 6) is -0.308. The molecule has 0 aromatic heterocycles. The fourth-order valence-corrected chi connectivity index (χ4v) is 1.85. The lowest BCUT2D eigenvalue weighted by molar-refractivity contribution is -0.121. The lowest BCUT2D eigenvalue weighted by atomic mass is 10.2. The molecule has 3 N–H and O–H groups in total. The minimum absolute atomic E-state index is 0.190. The normalized spacial score (nSPS) is 14.0. The van der Waals surface area contributed by atoms with E-state index in [1.807, 2.05) is 6.92 Å². The van der Waals surface area contributed by atoms with Crippen molar-refractivity contribution in [2.24, 2.45) is 0 Å². The van der Waals surface area contributed by atoms with Gasteiger partial charge in [-0.15, -0.1) is 0 Å². The Morgan fingerprint density at radius 1 is 1.11 bits per heavy atom. The zero-order valence-corrected chi connectivity index (χ0v) is 12.7. The summed E-state index contributed by atoms with van der Waals surface area (Å²) < 4.78 is 0. The number of hydrogen-bond acceptors (Lipinski definition) is 4. The summed E-state index contributed by atoms with van der Waals surface area (Å²) in [6.07, 6.45) is 0. The number of imide groups is 1. The quantitative estimate of drug-likeness (QED) is 0.603. The highest BCUT2D eigenvalue weighted by molar-refractivity contribution is 5.96. The van der Waals surface area contributed by atoms with Crippen molar-refractivity contribution in [1.82, 2.24) is 20.9 Å². The monoisotopic (exact) mass is 272 g/mol. The van der Waals surface area contributed by atoms with Gasteiger partial charge in [0.25, 0.3) is 0 Å². The van der Waals surface area contributed by atoms with Crippen molar-refractivity contribution >= 4 is 11.9 Å². The SMILES string of the molecule is CCNC(=O)NC(=O)C(C)NC(C)CN(CC)CC. The minimum atomic E-state index is -0.447. The molecule has 0 heterocycles. The summed E-state index contributed by atoms with van der Waals surface area (Å²) in [4.78, 5) is 25.3. The molecule has 0 rings (SSSR count). The van der Waals surface area contributed by atoms with Gasteiger partial charge in [0.15, 0.2) is 0 Å².